The van der Waals surface area contributed by atoms with E-state index in [4.69, 9.17) is 0 Å². The summed E-state index contributed by atoms with van der Waals surface area (Å²) in [6, 6.07) is 0. The lowest BCUT2D eigenvalue weighted by Crippen LogP contribution is -2.14. The van der Waals surface area contributed by atoms with Crippen molar-refractivity contribution >= 4 is 5.95 Å². The van der Waals surface area contributed by atoms with Crippen LogP contribution >= 0.6 is 0 Å². The summed E-state index contributed by atoms with van der Waals surface area (Å²) >= 11 is 0. The fraction of sp³-hybridized carbons (Fsp3) is 0.700. The average molecular weight is 181 g/mol. The Hall–Kier alpha value is -0.990. The minimum absolute atomic E-state index is 0.387. The maximum atomic E-state index is 4.19. The molecule has 0 aliphatic carbocycles. The van der Waals surface area contributed by atoms with E-state index in [-0.39, 0.29) is 0 Å². The Morgan fingerprint density at radius 3 is 2.62 bits per heavy atom. The molecule has 0 aliphatic heterocycles. The highest BCUT2D eigenvalue weighted by atomic mass is 15.2. The first-order valence-electron chi connectivity index (χ1n) is 4.70. The summed E-state index contributed by atoms with van der Waals surface area (Å²) in [6.45, 7) is 7.71. The third-order valence-corrected chi connectivity index (χ3v) is 1.98. The summed E-state index contributed by atoms with van der Waals surface area (Å²) < 4.78 is 1.99. The molecule has 1 N–H and O–H groups in total. The Balaban J connectivity index is 2.32. The molecule has 1 rings (SSSR count). The summed E-state index contributed by atoms with van der Waals surface area (Å²) in [5.74, 6) is 0.948. The smallest absolute Gasteiger partial charge is 0.202 e. The molecule has 1 aromatic heterocycles. The molecule has 0 bridgehead atoms. The van der Waals surface area contributed by atoms with E-state index in [1.807, 2.05) is 17.8 Å². The highest BCUT2D eigenvalue weighted by molar-refractivity contribution is 5.24. The van der Waals surface area contributed by atoms with Crippen LogP contribution < -0.4 is 5.32 Å². The number of nitrogens with one attached hydrogen (secondary N) is 1. The van der Waals surface area contributed by atoms with Crippen LogP contribution in [0.5, 0.6) is 0 Å². The third kappa shape index (κ3) is 3.49. The zero-order chi connectivity index (χ0) is 9.90. The second-order valence-electron chi connectivity index (χ2n) is 4.60. The molecule has 0 amide bonds. The van der Waals surface area contributed by atoms with Gasteiger partial charge in [0.05, 0.1) is 0 Å². The molecule has 0 atom stereocenters. The molecule has 0 aliphatic rings. The van der Waals surface area contributed by atoms with E-state index in [2.05, 4.69) is 31.1 Å². The first-order chi connectivity index (χ1) is 5.99. The van der Waals surface area contributed by atoms with Gasteiger partial charge in [-0.3, -0.25) is 0 Å². The number of aromatic nitrogens is 2. The molecule has 0 saturated heterocycles. The van der Waals surface area contributed by atoms with Crippen molar-refractivity contribution in [3.05, 3.63) is 12.4 Å². The molecule has 13 heavy (non-hydrogen) atoms. The lowest BCUT2D eigenvalue weighted by molar-refractivity contribution is 0.389. The number of nitrogens with zero attached hydrogens (tertiary/aromatic N) is 2. The van der Waals surface area contributed by atoms with Gasteiger partial charge in [-0.25, -0.2) is 4.98 Å². The standard InChI is InChI=1S/C10H19N3/c1-10(2,3)5-6-11-9-12-7-8-13(9)4/h7-8H,5-6H2,1-4H3,(H,11,12). The summed E-state index contributed by atoms with van der Waals surface area (Å²) in [5, 5.41) is 3.30. The Morgan fingerprint density at radius 2 is 2.15 bits per heavy atom. The van der Waals surface area contributed by atoms with Gasteiger partial charge in [-0.15, -0.1) is 0 Å². The minimum Gasteiger partial charge on any atom is -0.356 e. The maximum absolute atomic E-state index is 4.19. The van der Waals surface area contributed by atoms with Gasteiger partial charge in [0.25, 0.3) is 0 Å². The van der Waals surface area contributed by atoms with Crippen LogP contribution in [0.4, 0.5) is 5.95 Å². The predicted molar refractivity (Wildman–Crippen MR) is 55.8 cm³/mol. The van der Waals surface area contributed by atoms with E-state index in [1.54, 1.807) is 6.20 Å². The second-order valence-corrected chi connectivity index (χ2v) is 4.60. The number of hydrogen-bond donors (Lipinski definition) is 1. The van der Waals surface area contributed by atoms with Crippen LogP contribution in [0.15, 0.2) is 12.4 Å². The largest absolute Gasteiger partial charge is 0.356 e. The molecular formula is C10H19N3. The van der Waals surface area contributed by atoms with Crippen molar-refractivity contribution in [2.24, 2.45) is 12.5 Å². The number of anilines is 1. The summed E-state index contributed by atoms with van der Waals surface area (Å²) in [7, 11) is 1.99. The van der Waals surface area contributed by atoms with Crippen molar-refractivity contribution < 1.29 is 0 Å². The van der Waals surface area contributed by atoms with E-state index >= 15 is 0 Å². The molecule has 0 radical (unpaired) electrons. The monoisotopic (exact) mass is 181 g/mol. The van der Waals surface area contributed by atoms with Gasteiger partial charge in [-0.1, -0.05) is 20.8 Å². The van der Waals surface area contributed by atoms with Gasteiger partial charge < -0.3 is 9.88 Å². The van der Waals surface area contributed by atoms with E-state index in [9.17, 15) is 0 Å². The van der Waals surface area contributed by atoms with Gasteiger partial charge in [0.2, 0.25) is 5.95 Å². The highest BCUT2D eigenvalue weighted by Gasteiger charge is 2.09. The van der Waals surface area contributed by atoms with Gasteiger partial charge in [-0.05, 0) is 11.8 Å². The van der Waals surface area contributed by atoms with Crippen LogP contribution in [0.1, 0.15) is 27.2 Å². The molecule has 0 fully saturated rings. The zero-order valence-electron chi connectivity index (χ0n) is 8.96. The highest BCUT2D eigenvalue weighted by Crippen LogP contribution is 2.17. The molecule has 74 valence electrons. The molecule has 0 aromatic carbocycles. The van der Waals surface area contributed by atoms with Crippen LogP contribution in [-0.2, 0) is 7.05 Å². The molecule has 0 unspecified atom stereocenters. The van der Waals surface area contributed by atoms with Gasteiger partial charge in [0, 0.05) is 26.0 Å². The first-order valence-corrected chi connectivity index (χ1v) is 4.70. The van der Waals surface area contributed by atoms with Crippen LogP contribution in [0, 0.1) is 5.41 Å². The van der Waals surface area contributed by atoms with Crippen molar-refractivity contribution in [2.75, 3.05) is 11.9 Å². The first kappa shape index (κ1) is 10.1. The van der Waals surface area contributed by atoms with Gasteiger partial charge in [-0.2, -0.15) is 0 Å². The van der Waals surface area contributed by atoms with Crippen molar-refractivity contribution in [3.63, 3.8) is 0 Å². The Labute approximate surface area is 80.2 Å². The predicted octanol–water partition coefficient (Wildman–Crippen LogP) is 2.27. The summed E-state index contributed by atoms with van der Waals surface area (Å²) in [4.78, 5) is 4.19. The molecule has 3 nitrogen and oxygen atoms in total. The van der Waals surface area contributed by atoms with E-state index in [0.29, 0.717) is 5.41 Å². The van der Waals surface area contributed by atoms with E-state index in [1.165, 1.54) is 0 Å². The Kier molecular flexibility index (Phi) is 2.96. The molecule has 1 aromatic rings. The van der Waals surface area contributed by atoms with Crippen molar-refractivity contribution in [2.45, 2.75) is 27.2 Å². The zero-order valence-corrected chi connectivity index (χ0v) is 8.96. The topological polar surface area (TPSA) is 29.9 Å². The van der Waals surface area contributed by atoms with E-state index < -0.39 is 0 Å². The number of imidazole rings is 1. The molecular weight excluding hydrogens is 162 g/mol. The Morgan fingerprint density at radius 1 is 1.46 bits per heavy atom. The molecule has 3 heteroatoms. The van der Waals surface area contributed by atoms with Crippen LogP contribution in [0.25, 0.3) is 0 Å². The number of hydrogen-bond acceptors (Lipinski definition) is 2. The molecule has 0 spiro atoms. The van der Waals surface area contributed by atoms with Gasteiger partial charge in [0.1, 0.15) is 0 Å². The maximum Gasteiger partial charge on any atom is 0.202 e. The summed E-state index contributed by atoms with van der Waals surface area (Å²) in [6.07, 6.45) is 4.90. The second kappa shape index (κ2) is 3.81. The lowest BCUT2D eigenvalue weighted by atomic mass is 9.92. The van der Waals surface area contributed by atoms with Crippen molar-refractivity contribution in [3.8, 4) is 0 Å². The third-order valence-electron chi connectivity index (χ3n) is 1.98. The van der Waals surface area contributed by atoms with Crippen molar-refractivity contribution in [1.82, 2.24) is 9.55 Å². The fourth-order valence-electron chi connectivity index (χ4n) is 1.09. The van der Waals surface area contributed by atoms with Crippen molar-refractivity contribution in [1.29, 1.82) is 0 Å². The normalized spacial score (nSPS) is 11.7. The average Bonchev–Trinajstić information content (AvgIpc) is 2.34. The van der Waals surface area contributed by atoms with Crippen LogP contribution in [0.3, 0.4) is 0 Å². The minimum atomic E-state index is 0.387. The SMILES string of the molecule is Cn1ccnc1NCCC(C)(C)C. The number of rotatable bonds is 3. The fourth-order valence-corrected chi connectivity index (χ4v) is 1.09. The van der Waals surface area contributed by atoms with E-state index in [0.717, 1.165) is 18.9 Å². The summed E-state index contributed by atoms with van der Waals surface area (Å²) in [5.41, 5.74) is 0.387. The Bertz CT molecular complexity index is 257. The number of aryl methyl sites for hydroxylation is 1. The van der Waals surface area contributed by atoms with Gasteiger partial charge in [0.15, 0.2) is 0 Å². The van der Waals surface area contributed by atoms with Gasteiger partial charge >= 0.3 is 0 Å². The molecule has 1 heterocycles. The molecule has 0 saturated carbocycles. The lowest BCUT2D eigenvalue weighted by Gasteiger charge is -2.18. The van der Waals surface area contributed by atoms with Crippen LogP contribution in [0.2, 0.25) is 0 Å². The quantitative estimate of drug-likeness (QED) is 0.775. The van der Waals surface area contributed by atoms with Crippen LogP contribution in [-0.4, -0.2) is 16.1 Å².